The predicted octanol–water partition coefficient (Wildman–Crippen LogP) is 5.81. The van der Waals surface area contributed by atoms with Crippen molar-refractivity contribution in [2.75, 3.05) is 12.4 Å². The lowest BCUT2D eigenvalue weighted by molar-refractivity contribution is -0.139. The average Bonchev–Trinajstić information content (AvgIpc) is 2.61. The van der Waals surface area contributed by atoms with E-state index >= 15 is 0 Å². The largest absolute Gasteiger partial charge is 0.488 e. The number of methoxy groups -OCH3 is 1. The van der Waals surface area contributed by atoms with Gasteiger partial charge in [0.05, 0.1) is 12.7 Å². The first-order valence-electron chi connectivity index (χ1n) is 8.44. The maximum atomic E-state index is 13.4. The summed E-state index contributed by atoms with van der Waals surface area (Å²) in [6.45, 7) is 5.35. The number of alkyl halides is 3. The molecule has 0 fully saturated rings. The van der Waals surface area contributed by atoms with Gasteiger partial charge in [0.1, 0.15) is 12.4 Å². The lowest BCUT2D eigenvalue weighted by atomic mass is 10.0. The number of nitrogens with one attached hydrogen (secondary N) is 1. The molecule has 0 saturated heterocycles. The second kappa shape index (κ2) is 8.61. The standard InChI is InChI=1S/C20H22F3NO2S/c1-5-14-7-6-8-17(24-19(27)25-4)15(14)11-26-18-10-13(3)12(2)9-16(18)20(21,22)23/h6-10H,5,11H2,1-4H3,(H,24,27). The lowest BCUT2D eigenvalue weighted by Crippen LogP contribution is -2.15. The molecule has 0 atom stereocenters. The van der Waals surface area contributed by atoms with Crippen LogP contribution in [-0.4, -0.2) is 12.3 Å². The van der Waals surface area contributed by atoms with E-state index in [1.54, 1.807) is 19.9 Å². The number of halogens is 3. The first kappa shape index (κ1) is 21.0. The minimum absolute atomic E-state index is 0.0236. The van der Waals surface area contributed by atoms with Gasteiger partial charge in [-0.1, -0.05) is 19.1 Å². The van der Waals surface area contributed by atoms with Crippen molar-refractivity contribution >= 4 is 23.1 Å². The Labute approximate surface area is 162 Å². The predicted molar refractivity (Wildman–Crippen MR) is 104 cm³/mol. The first-order chi connectivity index (χ1) is 12.7. The zero-order valence-electron chi connectivity index (χ0n) is 15.7. The molecule has 1 N–H and O–H groups in total. The zero-order chi connectivity index (χ0) is 20.2. The summed E-state index contributed by atoms with van der Waals surface area (Å²) in [7, 11) is 1.44. The third-order valence-electron chi connectivity index (χ3n) is 4.35. The van der Waals surface area contributed by atoms with Crippen LogP contribution in [0.25, 0.3) is 0 Å². The molecular weight excluding hydrogens is 375 g/mol. The molecule has 0 heterocycles. The van der Waals surface area contributed by atoms with Crippen LogP contribution >= 0.6 is 12.2 Å². The van der Waals surface area contributed by atoms with E-state index in [0.717, 1.165) is 22.8 Å². The summed E-state index contributed by atoms with van der Waals surface area (Å²) in [5.41, 5.74) is 2.87. The molecule has 0 aliphatic heterocycles. The fraction of sp³-hybridized carbons (Fsp3) is 0.350. The summed E-state index contributed by atoms with van der Waals surface area (Å²) < 4.78 is 50.8. The van der Waals surface area contributed by atoms with Crippen molar-refractivity contribution in [1.29, 1.82) is 0 Å². The van der Waals surface area contributed by atoms with Crippen LogP contribution in [0.3, 0.4) is 0 Å². The molecule has 0 aliphatic rings. The maximum absolute atomic E-state index is 13.4. The monoisotopic (exact) mass is 397 g/mol. The third-order valence-corrected chi connectivity index (χ3v) is 4.62. The van der Waals surface area contributed by atoms with Gasteiger partial charge in [0.15, 0.2) is 0 Å². The quantitative estimate of drug-likeness (QED) is 0.645. The lowest BCUT2D eigenvalue weighted by Gasteiger charge is -2.19. The Morgan fingerprint density at radius 3 is 2.41 bits per heavy atom. The highest BCUT2D eigenvalue weighted by atomic mass is 32.1. The molecule has 0 radical (unpaired) electrons. The highest BCUT2D eigenvalue weighted by molar-refractivity contribution is 7.80. The molecule has 0 amide bonds. The first-order valence-corrected chi connectivity index (χ1v) is 8.85. The van der Waals surface area contributed by atoms with Gasteiger partial charge in [-0.15, -0.1) is 0 Å². The second-order valence-electron chi connectivity index (χ2n) is 6.13. The summed E-state index contributed by atoms with van der Waals surface area (Å²) in [5, 5.41) is 3.12. The molecule has 146 valence electrons. The highest BCUT2D eigenvalue weighted by Crippen LogP contribution is 2.38. The fourth-order valence-electron chi connectivity index (χ4n) is 2.70. The van der Waals surface area contributed by atoms with E-state index < -0.39 is 11.7 Å². The molecule has 0 aliphatic carbocycles. The highest BCUT2D eigenvalue weighted by Gasteiger charge is 2.35. The Morgan fingerprint density at radius 1 is 1.15 bits per heavy atom. The van der Waals surface area contributed by atoms with E-state index in [2.05, 4.69) is 5.32 Å². The van der Waals surface area contributed by atoms with Crippen LogP contribution in [0.4, 0.5) is 18.9 Å². The summed E-state index contributed by atoms with van der Waals surface area (Å²) in [6.07, 6.45) is -3.79. The molecule has 0 bridgehead atoms. The Balaban J connectivity index is 2.39. The van der Waals surface area contributed by atoms with Crippen LogP contribution in [0.5, 0.6) is 5.75 Å². The summed E-state index contributed by atoms with van der Waals surface area (Å²) in [5.74, 6) is -0.184. The number of rotatable bonds is 5. The van der Waals surface area contributed by atoms with Gasteiger partial charge in [0, 0.05) is 11.3 Å². The summed E-state index contributed by atoms with van der Waals surface area (Å²) in [6, 6.07) is 8.09. The van der Waals surface area contributed by atoms with Crippen LogP contribution in [0, 0.1) is 13.8 Å². The molecule has 7 heteroatoms. The SMILES string of the molecule is CCc1cccc(NC(=S)OC)c1COc1cc(C)c(C)cc1C(F)(F)F. The second-order valence-corrected chi connectivity index (χ2v) is 6.50. The topological polar surface area (TPSA) is 30.5 Å². The van der Waals surface area contributed by atoms with E-state index in [4.69, 9.17) is 21.7 Å². The molecule has 0 aromatic heterocycles. The third kappa shape index (κ3) is 5.13. The number of benzene rings is 2. The Bertz CT molecular complexity index is 835. The smallest absolute Gasteiger partial charge is 0.419 e. The number of aryl methyl sites for hydroxylation is 3. The molecule has 0 saturated carbocycles. The van der Waals surface area contributed by atoms with E-state index in [1.165, 1.54) is 13.2 Å². The minimum Gasteiger partial charge on any atom is -0.488 e. The van der Waals surface area contributed by atoms with Crippen molar-refractivity contribution in [3.8, 4) is 5.75 Å². The van der Waals surface area contributed by atoms with Gasteiger partial charge in [-0.3, -0.25) is 0 Å². The van der Waals surface area contributed by atoms with Crippen LogP contribution in [0.15, 0.2) is 30.3 Å². The Morgan fingerprint density at radius 2 is 1.81 bits per heavy atom. The number of anilines is 1. The number of ether oxygens (including phenoxy) is 2. The van der Waals surface area contributed by atoms with Gasteiger partial charge in [-0.25, -0.2) is 0 Å². The maximum Gasteiger partial charge on any atom is 0.419 e. The van der Waals surface area contributed by atoms with Gasteiger partial charge in [-0.2, -0.15) is 13.2 Å². The summed E-state index contributed by atoms with van der Waals surface area (Å²) >= 11 is 5.03. The van der Waals surface area contributed by atoms with Crippen molar-refractivity contribution in [3.63, 3.8) is 0 Å². The minimum atomic E-state index is -4.49. The van der Waals surface area contributed by atoms with Crippen LogP contribution in [-0.2, 0) is 23.9 Å². The number of thiocarbonyl (C=S) groups is 1. The molecule has 2 aromatic rings. The van der Waals surface area contributed by atoms with E-state index in [1.807, 2.05) is 19.1 Å². The summed E-state index contributed by atoms with van der Waals surface area (Å²) in [4.78, 5) is 0. The van der Waals surface area contributed by atoms with E-state index in [-0.39, 0.29) is 17.5 Å². The normalized spacial score (nSPS) is 11.2. The van der Waals surface area contributed by atoms with Gasteiger partial charge < -0.3 is 14.8 Å². The van der Waals surface area contributed by atoms with Crippen molar-refractivity contribution in [1.82, 2.24) is 0 Å². The molecular formula is C20H22F3NO2S. The van der Waals surface area contributed by atoms with Crippen molar-refractivity contribution in [2.24, 2.45) is 0 Å². The average molecular weight is 397 g/mol. The molecule has 0 spiro atoms. The molecule has 27 heavy (non-hydrogen) atoms. The van der Waals surface area contributed by atoms with Crippen molar-refractivity contribution in [2.45, 2.75) is 40.0 Å². The van der Waals surface area contributed by atoms with Crippen molar-refractivity contribution in [3.05, 3.63) is 58.1 Å². The van der Waals surface area contributed by atoms with Gasteiger partial charge in [0.25, 0.3) is 5.17 Å². The van der Waals surface area contributed by atoms with E-state index in [9.17, 15) is 13.2 Å². The fourth-order valence-corrected chi connectivity index (χ4v) is 2.80. The number of hydrogen-bond acceptors (Lipinski definition) is 3. The van der Waals surface area contributed by atoms with Gasteiger partial charge in [-0.05, 0) is 67.4 Å². The van der Waals surface area contributed by atoms with Crippen LogP contribution in [0.2, 0.25) is 0 Å². The van der Waals surface area contributed by atoms with Crippen molar-refractivity contribution < 1.29 is 22.6 Å². The Kier molecular flexibility index (Phi) is 6.70. The zero-order valence-corrected chi connectivity index (χ0v) is 16.5. The molecule has 0 unspecified atom stereocenters. The van der Waals surface area contributed by atoms with Crippen LogP contribution < -0.4 is 10.1 Å². The molecule has 2 aromatic carbocycles. The van der Waals surface area contributed by atoms with Gasteiger partial charge >= 0.3 is 6.18 Å². The van der Waals surface area contributed by atoms with Crippen LogP contribution in [0.1, 0.15) is 34.7 Å². The molecule has 2 rings (SSSR count). The molecule has 3 nitrogen and oxygen atoms in total. The Hall–Kier alpha value is -2.28. The van der Waals surface area contributed by atoms with Gasteiger partial charge in [0.2, 0.25) is 0 Å². The van der Waals surface area contributed by atoms with E-state index in [0.29, 0.717) is 17.7 Å². The number of hydrogen-bond donors (Lipinski definition) is 1.